The van der Waals surface area contributed by atoms with Gasteiger partial charge in [-0.2, -0.15) is 0 Å². The minimum absolute atomic E-state index is 0.0413. The zero-order valence-corrected chi connectivity index (χ0v) is 16.3. The number of ether oxygens (including phenoxy) is 1. The molecule has 2 amide bonds. The Hall–Kier alpha value is -3.16. The van der Waals surface area contributed by atoms with Gasteiger partial charge in [-0.05, 0) is 49.6 Å². The van der Waals surface area contributed by atoms with E-state index in [1.807, 2.05) is 12.1 Å². The molecule has 0 aliphatic carbocycles. The Morgan fingerprint density at radius 2 is 1.93 bits per heavy atom. The van der Waals surface area contributed by atoms with E-state index < -0.39 is 0 Å². The summed E-state index contributed by atoms with van der Waals surface area (Å²) in [5.74, 6) is 1.31. The average molecular weight is 395 g/mol. The Bertz CT molecular complexity index is 843. The summed E-state index contributed by atoms with van der Waals surface area (Å²) in [6, 6.07) is 9.14. The van der Waals surface area contributed by atoms with Crippen LogP contribution in [0.3, 0.4) is 0 Å². The number of carbonyl (C=O) groups excluding carboxylic acids is 2. The van der Waals surface area contributed by atoms with Gasteiger partial charge in [-0.1, -0.05) is 0 Å². The highest BCUT2D eigenvalue weighted by atomic mass is 16.5. The topological polar surface area (TPSA) is 87.7 Å². The van der Waals surface area contributed by atoms with E-state index in [1.165, 1.54) is 0 Å². The standard InChI is InChI=1S/C21H25N5O3/c27-19(24-16-4-1-12-25(14-16)21-22-10-3-11-23-21)15-29-18-8-6-17(7-9-18)26-13-2-5-20(26)28/h3,6-11,16H,1-2,4-5,12-15H2,(H,24,27). The fraction of sp³-hybridized carbons (Fsp3) is 0.429. The van der Waals surface area contributed by atoms with Crippen LogP contribution in [0.2, 0.25) is 0 Å². The first-order valence-corrected chi connectivity index (χ1v) is 10.0. The van der Waals surface area contributed by atoms with E-state index in [2.05, 4.69) is 20.2 Å². The first-order valence-electron chi connectivity index (χ1n) is 10.0. The maximum atomic E-state index is 12.3. The van der Waals surface area contributed by atoms with Crippen molar-refractivity contribution in [2.45, 2.75) is 31.7 Å². The van der Waals surface area contributed by atoms with Gasteiger partial charge in [0.25, 0.3) is 5.91 Å². The van der Waals surface area contributed by atoms with Gasteiger partial charge in [-0.3, -0.25) is 9.59 Å². The maximum absolute atomic E-state index is 12.3. The Kier molecular flexibility index (Phi) is 5.88. The smallest absolute Gasteiger partial charge is 0.258 e. The van der Waals surface area contributed by atoms with Gasteiger partial charge in [-0.25, -0.2) is 9.97 Å². The highest BCUT2D eigenvalue weighted by Crippen LogP contribution is 2.24. The Morgan fingerprint density at radius 3 is 2.66 bits per heavy atom. The number of hydrogen-bond donors (Lipinski definition) is 1. The van der Waals surface area contributed by atoms with Crippen molar-refractivity contribution in [1.82, 2.24) is 15.3 Å². The number of nitrogens with one attached hydrogen (secondary N) is 1. The SMILES string of the molecule is O=C(COc1ccc(N2CCCC2=O)cc1)NC1CCCN(c2ncccn2)C1. The lowest BCUT2D eigenvalue weighted by molar-refractivity contribution is -0.123. The van der Waals surface area contributed by atoms with Crippen molar-refractivity contribution in [3.8, 4) is 5.75 Å². The second kappa shape index (κ2) is 8.89. The molecule has 0 saturated carbocycles. The Labute approximate surface area is 169 Å². The number of nitrogens with zero attached hydrogens (tertiary/aromatic N) is 4. The van der Waals surface area contributed by atoms with Gasteiger partial charge >= 0.3 is 0 Å². The number of amides is 2. The van der Waals surface area contributed by atoms with E-state index in [1.54, 1.807) is 35.5 Å². The third-order valence-corrected chi connectivity index (χ3v) is 5.21. The molecule has 1 atom stereocenters. The molecular weight excluding hydrogens is 370 g/mol. The first kappa shape index (κ1) is 19.2. The number of rotatable bonds is 6. The van der Waals surface area contributed by atoms with Crippen LogP contribution >= 0.6 is 0 Å². The van der Waals surface area contributed by atoms with Crippen molar-refractivity contribution >= 4 is 23.5 Å². The molecule has 1 unspecified atom stereocenters. The average Bonchev–Trinajstić information content (AvgIpc) is 3.19. The summed E-state index contributed by atoms with van der Waals surface area (Å²) in [5, 5.41) is 3.04. The molecule has 2 aliphatic rings. The van der Waals surface area contributed by atoms with Crippen LogP contribution in [-0.4, -0.2) is 54.1 Å². The van der Waals surface area contributed by atoms with Crippen molar-refractivity contribution in [1.29, 1.82) is 0 Å². The number of hydrogen-bond acceptors (Lipinski definition) is 6. The minimum Gasteiger partial charge on any atom is -0.484 e. The van der Waals surface area contributed by atoms with Gasteiger partial charge < -0.3 is 19.9 Å². The Morgan fingerprint density at radius 1 is 1.14 bits per heavy atom. The second-order valence-electron chi connectivity index (χ2n) is 7.33. The third kappa shape index (κ3) is 4.82. The normalized spacial score (nSPS) is 19.3. The molecule has 1 aromatic heterocycles. The van der Waals surface area contributed by atoms with Crippen molar-refractivity contribution in [2.75, 3.05) is 36.0 Å². The molecule has 2 aliphatic heterocycles. The molecule has 8 heteroatoms. The molecule has 2 saturated heterocycles. The van der Waals surface area contributed by atoms with Crippen molar-refractivity contribution in [3.63, 3.8) is 0 Å². The van der Waals surface area contributed by atoms with Crippen LogP contribution < -0.4 is 19.9 Å². The quantitative estimate of drug-likeness (QED) is 0.802. The van der Waals surface area contributed by atoms with E-state index in [0.29, 0.717) is 24.7 Å². The van der Waals surface area contributed by atoms with Gasteiger partial charge in [0.1, 0.15) is 5.75 Å². The van der Waals surface area contributed by atoms with E-state index in [9.17, 15) is 9.59 Å². The van der Waals surface area contributed by atoms with E-state index in [4.69, 9.17) is 4.74 Å². The van der Waals surface area contributed by atoms with Gasteiger partial charge in [0.15, 0.2) is 6.61 Å². The fourth-order valence-electron chi connectivity index (χ4n) is 3.79. The molecule has 29 heavy (non-hydrogen) atoms. The van der Waals surface area contributed by atoms with Gasteiger partial charge in [-0.15, -0.1) is 0 Å². The summed E-state index contributed by atoms with van der Waals surface area (Å²) in [7, 11) is 0. The van der Waals surface area contributed by atoms with Crippen LogP contribution in [0, 0.1) is 0 Å². The van der Waals surface area contributed by atoms with Crippen molar-refractivity contribution in [3.05, 3.63) is 42.7 Å². The van der Waals surface area contributed by atoms with Crippen LogP contribution in [0.1, 0.15) is 25.7 Å². The molecule has 2 fully saturated rings. The molecule has 152 valence electrons. The number of carbonyl (C=O) groups is 2. The van der Waals surface area contributed by atoms with E-state index in [0.717, 1.165) is 38.0 Å². The number of piperidine rings is 1. The molecule has 8 nitrogen and oxygen atoms in total. The van der Waals surface area contributed by atoms with Gasteiger partial charge in [0.2, 0.25) is 11.9 Å². The molecule has 2 aromatic rings. The lowest BCUT2D eigenvalue weighted by Crippen LogP contribution is -2.49. The summed E-state index contributed by atoms with van der Waals surface area (Å²) in [6.07, 6.45) is 6.85. The molecule has 1 N–H and O–H groups in total. The molecular formula is C21H25N5O3. The largest absolute Gasteiger partial charge is 0.484 e. The predicted octanol–water partition coefficient (Wildman–Crippen LogP) is 1.77. The van der Waals surface area contributed by atoms with Crippen molar-refractivity contribution in [2.24, 2.45) is 0 Å². The maximum Gasteiger partial charge on any atom is 0.258 e. The van der Waals surface area contributed by atoms with Crippen LogP contribution in [-0.2, 0) is 9.59 Å². The summed E-state index contributed by atoms with van der Waals surface area (Å²) < 4.78 is 5.61. The lowest BCUT2D eigenvalue weighted by Gasteiger charge is -2.33. The van der Waals surface area contributed by atoms with Crippen LogP contribution in [0.5, 0.6) is 5.75 Å². The lowest BCUT2D eigenvalue weighted by atomic mass is 10.1. The van der Waals surface area contributed by atoms with Gasteiger partial charge in [0.05, 0.1) is 0 Å². The molecule has 0 bridgehead atoms. The summed E-state index contributed by atoms with van der Waals surface area (Å²) >= 11 is 0. The van der Waals surface area contributed by atoms with Gasteiger partial charge in [0, 0.05) is 50.2 Å². The molecule has 4 rings (SSSR count). The highest BCUT2D eigenvalue weighted by molar-refractivity contribution is 5.95. The van der Waals surface area contributed by atoms with Crippen LogP contribution in [0.4, 0.5) is 11.6 Å². The zero-order chi connectivity index (χ0) is 20.1. The number of anilines is 2. The molecule has 0 spiro atoms. The highest BCUT2D eigenvalue weighted by Gasteiger charge is 2.23. The second-order valence-corrected chi connectivity index (χ2v) is 7.33. The Balaban J connectivity index is 1.25. The summed E-state index contributed by atoms with van der Waals surface area (Å²) in [4.78, 5) is 36.6. The molecule has 0 radical (unpaired) electrons. The number of benzene rings is 1. The van der Waals surface area contributed by atoms with Crippen LogP contribution in [0.15, 0.2) is 42.7 Å². The third-order valence-electron chi connectivity index (χ3n) is 5.21. The fourth-order valence-corrected chi connectivity index (χ4v) is 3.79. The summed E-state index contributed by atoms with van der Waals surface area (Å²) in [5.41, 5.74) is 0.870. The molecule has 3 heterocycles. The minimum atomic E-state index is -0.148. The monoisotopic (exact) mass is 395 g/mol. The molecule has 1 aromatic carbocycles. The van der Waals surface area contributed by atoms with Crippen molar-refractivity contribution < 1.29 is 14.3 Å². The summed E-state index contributed by atoms with van der Waals surface area (Å²) in [6.45, 7) is 2.29. The zero-order valence-electron chi connectivity index (χ0n) is 16.3. The van der Waals surface area contributed by atoms with E-state index in [-0.39, 0.29) is 24.5 Å². The number of aromatic nitrogens is 2. The predicted molar refractivity (Wildman–Crippen MR) is 109 cm³/mol. The van der Waals surface area contributed by atoms with Crippen LogP contribution in [0.25, 0.3) is 0 Å². The first-order chi connectivity index (χ1) is 14.2. The van der Waals surface area contributed by atoms with E-state index >= 15 is 0 Å².